The number of anilines is 1. The van der Waals surface area contributed by atoms with Gasteiger partial charge in [0.05, 0.1) is 9.72 Å². The van der Waals surface area contributed by atoms with Crippen LogP contribution in [0.15, 0.2) is 42.5 Å². The normalized spacial score (nSPS) is 11.4. The minimum atomic E-state index is -0.262. The second-order valence-corrected chi connectivity index (χ2v) is 8.69. The zero-order valence-electron chi connectivity index (χ0n) is 14.6. The lowest BCUT2D eigenvalue weighted by molar-refractivity contribution is 0.0977. The van der Waals surface area contributed by atoms with E-state index in [1.807, 2.05) is 24.3 Å². The predicted octanol–water partition coefficient (Wildman–Crippen LogP) is 5.37. The van der Waals surface area contributed by atoms with Crippen LogP contribution in [0.2, 0.25) is 5.02 Å². The molecule has 0 saturated carbocycles. The van der Waals surface area contributed by atoms with Crippen LogP contribution in [0.3, 0.4) is 0 Å². The first-order valence-corrected chi connectivity index (χ1v) is 9.62. The number of benzene rings is 2. The van der Waals surface area contributed by atoms with Gasteiger partial charge in [-0.1, -0.05) is 61.9 Å². The number of thiazole rings is 1. The van der Waals surface area contributed by atoms with Gasteiger partial charge in [0.25, 0.3) is 5.91 Å². The molecule has 0 fully saturated rings. The number of rotatable bonds is 2. The number of carbonyl (C=O) groups is 1. The molecule has 0 atom stereocenters. The van der Waals surface area contributed by atoms with Gasteiger partial charge < -0.3 is 5.32 Å². The van der Waals surface area contributed by atoms with Gasteiger partial charge in [0, 0.05) is 5.56 Å². The van der Waals surface area contributed by atoms with E-state index < -0.39 is 0 Å². The molecule has 3 aromatic rings. The lowest BCUT2D eigenvalue weighted by atomic mass is 9.87. The molecule has 2 N–H and O–H groups in total. The number of para-hydroxylation sites is 1. The number of halogens is 1. The van der Waals surface area contributed by atoms with E-state index in [0.717, 1.165) is 4.70 Å². The van der Waals surface area contributed by atoms with Crippen molar-refractivity contribution in [3.8, 4) is 0 Å². The molecular formula is C19H18ClN3OS2. The zero-order chi connectivity index (χ0) is 18.9. The zero-order valence-corrected chi connectivity index (χ0v) is 17.0. The molecular weight excluding hydrogens is 386 g/mol. The van der Waals surface area contributed by atoms with E-state index in [-0.39, 0.29) is 16.4 Å². The van der Waals surface area contributed by atoms with Crippen LogP contribution < -0.4 is 10.6 Å². The van der Waals surface area contributed by atoms with E-state index in [9.17, 15) is 4.79 Å². The molecule has 0 radical (unpaired) electrons. The number of nitrogens with one attached hydrogen (secondary N) is 2. The molecule has 26 heavy (non-hydrogen) atoms. The van der Waals surface area contributed by atoms with E-state index >= 15 is 0 Å². The van der Waals surface area contributed by atoms with E-state index in [0.29, 0.717) is 21.2 Å². The summed E-state index contributed by atoms with van der Waals surface area (Å²) in [6, 6.07) is 13.1. The third kappa shape index (κ3) is 4.20. The summed E-state index contributed by atoms with van der Waals surface area (Å²) in [5.41, 5.74) is 2.48. The highest BCUT2D eigenvalue weighted by Gasteiger charge is 2.15. The van der Waals surface area contributed by atoms with Gasteiger partial charge in [-0.2, -0.15) is 0 Å². The second-order valence-electron chi connectivity index (χ2n) is 6.84. The quantitative estimate of drug-likeness (QED) is 0.564. The van der Waals surface area contributed by atoms with E-state index in [1.165, 1.54) is 16.9 Å². The number of hydrogen-bond donors (Lipinski definition) is 2. The fourth-order valence-electron chi connectivity index (χ4n) is 2.39. The molecule has 7 heteroatoms. The van der Waals surface area contributed by atoms with Gasteiger partial charge in [-0.05, 0) is 47.5 Å². The Hall–Kier alpha value is -2.02. The number of aromatic nitrogens is 1. The molecule has 0 aliphatic carbocycles. The van der Waals surface area contributed by atoms with Crippen molar-refractivity contribution in [2.45, 2.75) is 26.2 Å². The van der Waals surface area contributed by atoms with Gasteiger partial charge in [-0.3, -0.25) is 10.1 Å². The molecule has 1 aromatic heterocycles. The summed E-state index contributed by atoms with van der Waals surface area (Å²) in [7, 11) is 0. The van der Waals surface area contributed by atoms with Crippen molar-refractivity contribution in [2.24, 2.45) is 0 Å². The van der Waals surface area contributed by atoms with Gasteiger partial charge in [-0.25, -0.2) is 4.98 Å². The molecule has 0 saturated heterocycles. The molecule has 4 nitrogen and oxygen atoms in total. The summed E-state index contributed by atoms with van der Waals surface area (Å²) in [6.45, 7) is 6.39. The smallest absolute Gasteiger partial charge is 0.257 e. The summed E-state index contributed by atoms with van der Waals surface area (Å²) in [5.74, 6) is -0.262. The molecule has 0 unspecified atom stereocenters. The van der Waals surface area contributed by atoms with Gasteiger partial charge in [0.2, 0.25) is 0 Å². The Morgan fingerprint density at radius 3 is 2.46 bits per heavy atom. The monoisotopic (exact) mass is 403 g/mol. The van der Waals surface area contributed by atoms with Crippen molar-refractivity contribution in [2.75, 3.05) is 5.32 Å². The highest BCUT2D eigenvalue weighted by molar-refractivity contribution is 7.80. The maximum Gasteiger partial charge on any atom is 0.257 e. The van der Waals surface area contributed by atoms with Crippen LogP contribution >= 0.6 is 35.2 Å². The van der Waals surface area contributed by atoms with Gasteiger partial charge in [-0.15, -0.1) is 0 Å². The summed E-state index contributed by atoms with van der Waals surface area (Å²) >= 11 is 12.8. The molecule has 3 rings (SSSR count). The first kappa shape index (κ1) is 18.8. The first-order valence-electron chi connectivity index (χ1n) is 8.02. The van der Waals surface area contributed by atoms with Crippen molar-refractivity contribution in [1.82, 2.24) is 10.3 Å². The minimum Gasteiger partial charge on any atom is -0.308 e. The minimum absolute atomic E-state index is 0.0416. The van der Waals surface area contributed by atoms with E-state index in [4.69, 9.17) is 23.8 Å². The van der Waals surface area contributed by atoms with Gasteiger partial charge in [0.15, 0.2) is 10.2 Å². The molecule has 0 aliphatic heterocycles. The summed E-state index contributed by atoms with van der Waals surface area (Å²) in [5, 5.41) is 6.99. The molecule has 1 amide bonds. The number of thiocarbonyl (C=S) groups is 1. The molecule has 0 bridgehead atoms. The number of hydrogen-bond acceptors (Lipinski definition) is 4. The van der Waals surface area contributed by atoms with Crippen LogP contribution in [-0.2, 0) is 5.41 Å². The highest BCUT2D eigenvalue weighted by Crippen LogP contribution is 2.30. The molecule has 0 spiro atoms. The van der Waals surface area contributed by atoms with Crippen LogP contribution in [0.1, 0.15) is 36.7 Å². The van der Waals surface area contributed by atoms with Gasteiger partial charge in [0.1, 0.15) is 5.52 Å². The number of amides is 1. The Bertz CT molecular complexity index is 975. The Balaban J connectivity index is 1.67. The summed E-state index contributed by atoms with van der Waals surface area (Å²) in [4.78, 5) is 16.8. The van der Waals surface area contributed by atoms with Crippen molar-refractivity contribution in [3.63, 3.8) is 0 Å². The average molecular weight is 404 g/mol. The van der Waals surface area contributed by atoms with Crippen molar-refractivity contribution < 1.29 is 4.79 Å². The Morgan fingerprint density at radius 2 is 1.85 bits per heavy atom. The maximum absolute atomic E-state index is 12.4. The molecule has 2 aromatic carbocycles. The van der Waals surface area contributed by atoms with Crippen molar-refractivity contribution in [1.29, 1.82) is 0 Å². The Kier molecular flexibility index (Phi) is 5.27. The lowest BCUT2D eigenvalue weighted by Gasteiger charge is -2.19. The van der Waals surface area contributed by atoms with E-state index in [1.54, 1.807) is 18.2 Å². The topological polar surface area (TPSA) is 54.0 Å². The summed E-state index contributed by atoms with van der Waals surface area (Å²) < 4.78 is 0.951. The van der Waals surface area contributed by atoms with Crippen molar-refractivity contribution >= 4 is 61.5 Å². The second kappa shape index (κ2) is 7.31. The standard InChI is InChI=1S/C19H18ClN3OS2/c1-19(2,3)12-9-7-11(8-10-12)16(24)22-17(25)23-18-21-15-13(20)5-4-6-14(15)26-18/h4-10H,1-3H3,(H2,21,22,23,24,25). The lowest BCUT2D eigenvalue weighted by Crippen LogP contribution is -2.34. The number of carbonyl (C=O) groups excluding carboxylic acids is 1. The van der Waals surface area contributed by atoms with Crippen LogP contribution in [-0.4, -0.2) is 16.0 Å². The Labute approximate surface area is 166 Å². The Morgan fingerprint density at radius 1 is 1.15 bits per heavy atom. The predicted molar refractivity (Wildman–Crippen MR) is 113 cm³/mol. The average Bonchev–Trinajstić information content (AvgIpc) is 2.98. The van der Waals surface area contributed by atoms with Crippen LogP contribution in [0.5, 0.6) is 0 Å². The van der Waals surface area contributed by atoms with Crippen LogP contribution in [0.4, 0.5) is 5.13 Å². The number of fused-ring (bicyclic) bond motifs is 1. The fraction of sp³-hybridized carbons (Fsp3) is 0.211. The number of nitrogens with zero attached hydrogens (tertiary/aromatic N) is 1. The largest absolute Gasteiger partial charge is 0.308 e. The van der Waals surface area contributed by atoms with Crippen LogP contribution in [0.25, 0.3) is 10.2 Å². The summed E-state index contributed by atoms with van der Waals surface area (Å²) in [6.07, 6.45) is 0. The fourth-order valence-corrected chi connectivity index (χ4v) is 3.82. The van der Waals surface area contributed by atoms with E-state index in [2.05, 4.69) is 36.4 Å². The maximum atomic E-state index is 12.4. The third-order valence-electron chi connectivity index (χ3n) is 3.83. The molecule has 0 aliphatic rings. The first-order chi connectivity index (χ1) is 12.2. The van der Waals surface area contributed by atoms with Crippen molar-refractivity contribution in [3.05, 3.63) is 58.6 Å². The van der Waals surface area contributed by atoms with Gasteiger partial charge >= 0.3 is 0 Å². The SMILES string of the molecule is CC(C)(C)c1ccc(C(=O)NC(=S)Nc2nc3c(Cl)cccc3s2)cc1. The van der Waals surface area contributed by atoms with Crippen LogP contribution in [0, 0.1) is 0 Å². The molecule has 134 valence electrons. The third-order valence-corrected chi connectivity index (χ3v) is 5.28. The molecule has 1 heterocycles. The highest BCUT2D eigenvalue weighted by atomic mass is 35.5.